The number of sulfone groups is 1. The molecule has 9 heteroatoms. The van der Waals surface area contributed by atoms with Gasteiger partial charge in [-0.25, -0.2) is 8.42 Å². The van der Waals surface area contributed by atoms with Crippen molar-refractivity contribution in [3.05, 3.63) is 54.1 Å². The van der Waals surface area contributed by atoms with Gasteiger partial charge < -0.3 is 4.42 Å². The molecule has 0 aliphatic heterocycles. The number of anilines is 1. The fraction of sp³-hybridized carbons (Fsp3) is 0.286. The molecule has 0 fully saturated rings. The molecule has 1 heterocycles. The molecule has 3 rings (SSSR count). The van der Waals surface area contributed by atoms with Crippen molar-refractivity contribution in [1.29, 1.82) is 0 Å². The van der Waals surface area contributed by atoms with Gasteiger partial charge in [-0.3, -0.25) is 10.1 Å². The molecule has 3 aromatic rings. The number of thioether (sulfide) groups is 1. The molecule has 0 unspecified atom stereocenters. The Morgan fingerprint density at radius 3 is 2.57 bits per heavy atom. The molecule has 0 saturated heterocycles. The summed E-state index contributed by atoms with van der Waals surface area (Å²) in [5, 5.41) is 10.7. The van der Waals surface area contributed by atoms with Crippen LogP contribution < -0.4 is 5.32 Å². The minimum atomic E-state index is -3.55. The Bertz CT molecular complexity index is 1120. The first-order valence-electron chi connectivity index (χ1n) is 9.43. The number of aromatic nitrogens is 2. The summed E-state index contributed by atoms with van der Waals surface area (Å²) in [7, 11) is -3.55. The number of aryl methyl sites for hydroxylation is 1. The van der Waals surface area contributed by atoms with E-state index in [1.165, 1.54) is 0 Å². The average molecular weight is 446 g/mol. The number of carbonyl (C=O) groups excluding carboxylic acids is 1. The zero-order valence-electron chi connectivity index (χ0n) is 17.0. The van der Waals surface area contributed by atoms with Crippen LogP contribution in [0.4, 0.5) is 6.01 Å². The van der Waals surface area contributed by atoms with Crippen LogP contribution in [0.15, 0.2) is 62.7 Å². The maximum Gasteiger partial charge on any atom is 0.322 e. The molecule has 0 bridgehead atoms. The van der Waals surface area contributed by atoms with E-state index in [0.717, 1.165) is 16.0 Å². The standard InChI is InChI=1S/C21H23N3O4S2/c1-14(2)29-17-6-4-5-16(13-17)20-23-24-21(28-20)22-19(25)11-12-30(26,27)18-9-7-15(3)8-10-18/h4-10,13-14H,11-12H2,1-3H3,(H,22,24,25). The smallest absolute Gasteiger partial charge is 0.322 e. The lowest BCUT2D eigenvalue weighted by Gasteiger charge is -2.05. The van der Waals surface area contributed by atoms with Crippen molar-refractivity contribution in [2.45, 2.75) is 42.2 Å². The van der Waals surface area contributed by atoms with E-state index in [-0.39, 0.29) is 29.0 Å². The van der Waals surface area contributed by atoms with Gasteiger partial charge in [0.15, 0.2) is 9.84 Å². The van der Waals surface area contributed by atoms with Crippen LogP contribution in [0, 0.1) is 6.92 Å². The van der Waals surface area contributed by atoms with Crippen LogP contribution in [0.1, 0.15) is 25.8 Å². The molecule has 0 aliphatic carbocycles. The molecule has 0 atom stereocenters. The van der Waals surface area contributed by atoms with Crippen molar-refractivity contribution in [1.82, 2.24) is 10.2 Å². The van der Waals surface area contributed by atoms with E-state index in [1.807, 2.05) is 31.2 Å². The summed E-state index contributed by atoms with van der Waals surface area (Å²) in [6.07, 6.45) is -0.214. The summed E-state index contributed by atoms with van der Waals surface area (Å²) < 4.78 is 30.2. The van der Waals surface area contributed by atoms with Crippen molar-refractivity contribution in [2.75, 3.05) is 11.1 Å². The number of hydrogen-bond acceptors (Lipinski definition) is 7. The molecule has 2 aromatic carbocycles. The number of nitrogens with zero attached hydrogens (tertiary/aromatic N) is 2. The number of hydrogen-bond donors (Lipinski definition) is 1. The predicted molar refractivity (Wildman–Crippen MR) is 117 cm³/mol. The van der Waals surface area contributed by atoms with Crippen molar-refractivity contribution >= 4 is 33.5 Å². The summed E-state index contributed by atoms with van der Waals surface area (Å²) in [6, 6.07) is 14.2. The van der Waals surface area contributed by atoms with Gasteiger partial charge in [0.2, 0.25) is 11.8 Å². The SMILES string of the molecule is Cc1ccc(S(=O)(=O)CCC(=O)Nc2nnc(-c3cccc(SC(C)C)c3)o2)cc1. The molecule has 1 N–H and O–H groups in total. The molecule has 30 heavy (non-hydrogen) atoms. The first kappa shape index (κ1) is 22.0. The van der Waals surface area contributed by atoms with Gasteiger partial charge in [0, 0.05) is 22.1 Å². The Hall–Kier alpha value is -2.65. The van der Waals surface area contributed by atoms with Gasteiger partial charge in [0.1, 0.15) is 0 Å². The molecule has 1 amide bonds. The van der Waals surface area contributed by atoms with E-state index in [2.05, 4.69) is 29.4 Å². The summed E-state index contributed by atoms with van der Waals surface area (Å²) in [6.45, 7) is 6.09. The van der Waals surface area contributed by atoms with Crippen molar-refractivity contribution in [3.8, 4) is 11.5 Å². The minimum Gasteiger partial charge on any atom is -0.403 e. The highest BCUT2D eigenvalue weighted by atomic mass is 32.2. The number of carbonyl (C=O) groups is 1. The average Bonchev–Trinajstić information content (AvgIpc) is 3.15. The molecule has 0 saturated carbocycles. The van der Waals surface area contributed by atoms with Crippen LogP contribution in [-0.2, 0) is 14.6 Å². The Morgan fingerprint density at radius 2 is 1.87 bits per heavy atom. The number of rotatable bonds is 8. The van der Waals surface area contributed by atoms with E-state index < -0.39 is 15.7 Å². The third kappa shape index (κ3) is 5.93. The third-order valence-corrected chi connectivity index (χ3v) is 6.83. The summed E-state index contributed by atoms with van der Waals surface area (Å²) in [5.41, 5.74) is 1.71. The van der Waals surface area contributed by atoms with Crippen LogP contribution in [0.25, 0.3) is 11.5 Å². The van der Waals surface area contributed by atoms with Crippen molar-refractivity contribution in [2.24, 2.45) is 0 Å². The number of nitrogens with one attached hydrogen (secondary N) is 1. The Kier molecular flexibility index (Phi) is 6.94. The number of amides is 1. The van der Waals surface area contributed by atoms with Crippen molar-refractivity contribution < 1.29 is 17.6 Å². The Balaban J connectivity index is 1.60. The van der Waals surface area contributed by atoms with Gasteiger partial charge in [-0.2, -0.15) is 0 Å². The molecule has 0 radical (unpaired) electrons. The molecular formula is C21H23N3O4S2. The highest BCUT2D eigenvalue weighted by Gasteiger charge is 2.18. The summed E-state index contributed by atoms with van der Waals surface area (Å²) in [5.74, 6) is -0.536. The van der Waals surface area contributed by atoms with Gasteiger partial charge in [-0.1, -0.05) is 42.7 Å². The number of benzene rings is 2. The Labute approximate surface area is 180 Å². The van der Waals surface area contributed by atoms with E-state index in [1.54, 1.807) is 36.0 Å². The highest BCUT2D eigenvalue weighted by Crippen LogP contribution is 2.28. The zero-order chi connectivity index (χ0) is 21.7. The fourth-order valence-electron chi connectivity index (χ4n) is 2.64. The van der Waals surface area contributed by atoms with Gasteiger partial charge in [-0.15, -0.1) is 16.9 Å². The second-order valence-corrected chi connectivity index (χ2v) is 10.8. The van der Waals surface area contributed by atoms with E-state index >= 15 is 0 Å². The predicted octanol–water partition coefficient (Wildman–Crippen LogP) is 4.35. The lowest BCUT2D eigenvalue weighted by Crippen LogP contribution is -2.17. The molecular weight excluding hydrogens is 422 g/mol. The van der Waals surface area contributed by atoms with Gasteiger partial charge in [0.05, 0.1) is 10.6 Å². The molecule has 158 valence electrons. The van der Waals surface area contributed by atoms with E-state index in [9.17, 15) is 13.2 Å². The third-order valence-electron chi connectivity index (χ3n) is 4.10. The molecule has 0 spiro atoms. The maximum atomic E-state index is 12.4. The van der Waals surface area contributed by atoms with Crippen LogP contribution >= 0.6 is 11.8 Å². The lowest BCUT2D eigenvalue weighted by atomic mass is 10.2. The second-order valence-electron chi connectivity index (χ2n) is 7.04. The molecule has 1 aromatic heterocycles. The Morgan fingerprint density at radius 1 is 1.13 bits per heavy atom. The van der Waals surface area contributed by atoms with E-state index in [4.69, 9.17) is 4.42 Å². The van der Waals surface area contributed by atoms with E-state index in [0.29, 0.717) is 5.25 Å². The first-order valence-corrected chi connectivity index (χ1v) is 12.0. The topological polar surface area (TPSA) is 102 Å². The second kappa shape index (κ2) is 9.44. The normalized spacial score (nSPS) is 11.6. The van der Waals surface area contributed by atoms with Crippen LogP contribution in [0.2, 0.25) is 0 Å². The minimum absolute atomic E-state index is 0.0651. The zero-order valence-corrected chi connectivity index (χ0v) is 18.6. The maximum absolute atomic E-state index is 12.4. The van der Waals surface area contributed by atoms with Gasteiger partial charge in [0.25, 0.3) is 0 Å². The first-order chi connectivity index (χ1) is 14.2. The summed E-state index contributed by atoms with van der Waals surface area (Å²) >= 11 is 1.72. The van der Waals surface area contributed by atoms with Crippen LogP contribution in [0.3, 0.4) is 0 Å². The summed E-state index contributed by atoms with van der Waals surface area (Å²) in [4.78, 5) is 13.4. The quantitative estimate of drug-likeness (QED) is 0.514. The monoisotopic (exact) mass is 445 g/mol. The lowest BCUT2D eigenvalue weighted by molar-refractivity contribution is -0.115. The van der Waals surface area contributed by atoms with Gasteiger partial charge >= 0.3 is 6.01 Å². The fourth-order valence-corrected chi connectivity index (χ4v) is 4.77. The van der Waals surface area contributed by atoms with Gasteiger partial charge in [-0.05, 0) is 37.3 Å². The van der Waals surface area contributed by atoms with Crippen molar-refractivity contribution in [3.63, 3.8) is 0 Å². The largest absolute Gasteiger partial charge is 0.403 e. The molecule has 7 nitrogen and oxygen atoms in total. The highest BCUT2D eigenvalue weighted by molar-refractivity contribution is 7.99. The van der Waals surface area contributed by atoms with Crippen LogP contribution in [-0.4, -0.2) is 35.5 Å². The molecule has 0 aliphatic rings. The van der Waals surface area contributed by atoms with Crippen LogP contribution in [0.5, 0.6) is 0 Å².